The quantitative estimate of drug-likeness (QED) is 0.346. The molecule has 0 radical (unpaired) electrons. The molecule has 1 amide bonds. The Labute approximate surface area is 193 Å². The minimum atomic E-state index is -0.753. The number of ketones is 1. The van der Waals surface area contributed by atoms with Crippen molar-refractivity contribution in [1.82, 2.24) is 4.98 Å². The number of fused-ring (bicyclic) bond motifs is 1. The Hall–Kier alpha value is -3.73. The number of hydrogen-bond acceptors (Lipinski definition) is 4. The molecule has 1 aliphatic heterocycles. The molecule has 1 aliphatic carbocycles. The van der Waals surface area contributed by atoms with Crippen molar-refractivity contribution in [1.29, 1.82) is 0 Å². The van der Waals surface area contributed by atoms with Gasteiger partial charge in [0.2, 0.25) is 0 Å². The number of amides is 1. The number of hydrogen-bond donors (Lipinski definition) is 1. The molecular formula is C28H26N2O3. The predicted octanol–water partition coefficient (Wildman–Crippen LogP) is 5.20. The summed E-state index contributed by atoms with van der Waals surface area (Å²) in [4.78, 5) is 32.3. The van der Waals surface area contributed by atoms with Crippen LogP contribution in [-0.4, -0.2) is 21.8 Å². The topological polar surface area (TPSA) is 70.5 Å². The predicted molar refractivity (Wildman–Crippen MR) is 128 cm³/mol. The molecule has 2 heterocycles. The summed E-state index contributed by atoms with van der Waals surface area (Å²) in [6.07, 6.45) is 7.56. The molecule has 5 rings (SSSR count). The van der Waals surface area contributed by atoms with Gasteiger partial charge in [-0.05, 0) is 91.6 Å². The molecule has 1 N–H and O–H groups in total. The van der Waals surface area contributed by atoms with Crippen molar-refractivity contribution < 1.29 is 14.7 Å². The molecule has 5 heteroatoms. The Morgan fingerprint density at radius 3 is 2.48 bits per heavy atom. The molecule has 166 valence electrons. The number of carbonyl (C=O) groups excluding carboxylic acids is 2. The Morgan fingerprint density at radius 1 is 0.970 bits per heavy atom. The van der Waals surface area contributed by atoms with E-state index in [0.717, 1.165) is 30.4 Å². The second-order valence-electron chi connectivity index (χ2n) is 8.91. The summed E-state index contributed by atoms with van der Waals surface area (Å²) in [5.41, 5.74) is 6.58. The maximum absolute atomic E-state index is 13.3. The normalized spacial score (nSPS) is 19.6. The van der Waals surface area contributed by atoms with Gasteiger partial charge in [0.15, 0.2) is 0 Å². The summed E-state index contributed by atoms with van der Waals surface area (Å²) < 4.78 is 0. The van der Waals surface area contributed by atoms with Crippen LogP contribution < -0.4 is 4.90 Å². The number of aliphatic hydroxyl groups is 1. The zero-order valence-corrected chi connectivity index (χ0v) is 18.8. The highest BCUT2D eigenvalue weighted by molar-refractivity contribution is 6.51. The lowest BCUT2D eigenvalue weighted by molar-refractivity contribution is -0.132. The first-order valence-corrected chi connectivity index (χ1v) is 11.4. The van der Waals surface area contributed by atoms with E-state index in [1.807, 2.05) is 56.3 Å². The fourth-order valence-electron chi connectivity index (χ4n) is 4.86. The van der Waals surface area contributed by atoms with Crippen LogP contribution in [0.3, 0.4) is 0 Å². The molecule has 33 heavy (non-hydrogen) atoms. The van der Waals surface area contributed by atoms with Crippen LogP contribution in [0.25, 0.3) is 5.76 Å². The van der Waals surface area contributed by atoms with E-state index in [-0.39, 0.29) is 11.3 Å². The van der Waals surface area contributed by atoms with Crippen molar-refractivity contribution >= 4 is 23.1 Å². The molecule has 3 aromatic rings. The number of aliphatic hydroxyl groups excluding tert-OH is 1. The van der Waals surface area contributed by atoms with Crippen molar-refractivity contribution in [3.8, 4) is 0 Å². The van der Waals surface area contributed by atoms with E-state index in [2.05, 4.69) is 4.98 Å². The van der Waals surface area contributed by atoms with E-state index in [4.69, 9.17) is 0 Å². The number of benzene rings is 2. The minimum Gasteiger partial charge on any atom is -0.507 e. The Morgan fingerprint density at radius 2 is 1.76 bits per heavy atom. The fourth-order valence-corrected chi connectivity index (χ4v) is 4.86. The van der Waals surface area contributed by atoms with Crippen LogP contribution in [0.4, 0.5) is 5.69 Å². The van der Waals surface area contributed by atoms with E-state index < -0.39 is 17.7 Å². The molecule has 1 unspecified atom stereocenters. The lowest BCUT2D eigenvalue weighted by atomic mass is 9.89. The van der Waals surface area contributed by atoms with E-state index in [1.54, 1.807) is 18.5 Å². The van der Waals surface area contributed by atoms with E-state index in [0.29, 0.717) is 16.8 Å². The van der Waals surface area contributed by atoms with Crippen LogP contribution in [0.2, 0.25) is 0 Å². The lowest BCUT2D eigenvalue weighted by Gasteiger charge is -2.26. The SMILES string of the molecule is Cc1ccc(N2C(=O)C(=O)/C(=C(\O)c3ccc4c(c3)CCCC4)C2c2cccnc2)cc1C. The van der Waals surface area contributed by atoms with Gasteiger partial charge in [-0.15, -0.1) is 0 Å². The maximum Gasteiger partial charge on any atom is 0.300 e. The Balaban J connectivity index is 1.69. The zero-order valence-electron chi connectivity index (χ0n) is 18.8. The van der Waals surface area contributed by atoms with Crippen LogP contribution >= 0.6 is 0 Å². The van der Waals surface area contributed by atoms with Gasteiger partial charge in [-0.1, -0.05) is 24.3 Å². The van der Waals surface area contributed by atoms with E-state index in [9.17, 15) is 14.7 Å². The number of carbonyl (C=O) groups is 2. The highest BCUT2D eigenvalue weighted by Gasteiger charge is 2.47. The van der Waals surface area contributed by atoms with Gasteiger partial charge >= 0.3 is 0 Å². The van der Waals surface area contributed by atoms with Gasteiger partial charge < -0.3 is 5.11 Å². The third kappa shape index (κ3) is 3.63. The van der Waals surface area contributed by atoms with Crippen LogP contribution in [-0.2, 0) is 22.4 Å². The average molecular weight is 439 g/mol. The van der Waals surface area contributed by atoms with Crippen molar-refractivity contribution in [2.45, 2.75) is 45.6 Å². The number of aromatic nitrogens is 1. The lowest BCUT2D eigenvalue weighted by Crippen LogP contribution is -2.29. The minimum absolute atomic E-state index is 0.0991. The Bertz CT molecular complexity index is 1290. The number of anilines is 1. The summed E-state index contributed by atoms with van der Waals surface area (Å²) in [6, 6.07) is 14.4. The first-order valence-electron chi connectivity index (χ1n) is 11.4. The number of Topliss-reactive ketones (excluding diaryl/α,β-unsaturated/α-hetero) is 1. The molecule has 1 aromatic heterocycles. The average Bonchev–Trinajstić information content (AvgIpc) is 3.11. The molecule has 0 bridgehead atoms. The van der Waals surface area contributed by atoms with Crippen molar-refractivity contribution in [2.24, 2.45) is 0 Å². The van der Waals surface area contributed by atoms with Gasteiger partial charge in [-0.3, -0.25) is 19.5 Å². The van der Waals surface area contributed by atoms with E-state index in [1.165, 1.54) is 22.4 Å². The second-order valence-corrected chi connectivity index (χ2v) is 8.91. The van der Waals surface area contributed by atoms with Gasteiger partial charge in [0, 0.05) is 23.6 Å². The Kier molecular flexibility index (Phi) is 5.33. The molecule has 0 saturated carbocycles. The number of rotatable bonds is 3. The van der Waals surface area contributed by atoms with Gasteiger partial charge in [-0.2, -0.15) is 0 Å². The highest BCUT2D eigenvalue weighted by Crippen LogP contribution is 2.42. The summed E-state index contributed by atoms with van der Waals surface area (Å²) in [7, 11) is 0. The monoisotopic (exact) mass is 438 g/mol. The zero-order chi connectivity index (χ0) is 23.1. The molecule has 1 atom stereocenters. The molecule has 1 fully saturated rings. The van der Waals surface area contributed by atoms with Crippen LogP contribution in [0.15, 0.2) is 66.5 Å². The van der Waals surface area contributed by atoms with Crippen molar-refractivity contribution in [2.75, 3.05) is 4.90 Å². The maximum atomic E-state index is 13.3. The van der Waals surface area contributed by atoms with Crippen LogP contribution in [0.5, 0.6) is 0 Å². The number of pyridine rings is 1. The number of aryl methyl sites for hydroxylation is 4. The standard InChI is InChI=1S/C28H26N2O3/c1-17-9-12-23(14-18(17)2)30-25(22-8-5-13-29-16-22)24(27(32)28(30)33)26(31)21-11-10-19-6-3-4-7-20(19)15-21/h5,8-16,25,31H,3-4,6-7H2,1-2H3/b26-24-. The summed E-state index contributed by atoms with van der Waals surface area (Å²) in [5.74, 6) is -1.47. The van der Waals surface area contributed by atoms with Gasteiger partial charge in [0.05, 0.1) is 11.6 Å². The van der Waals surface area contributed by atoms with Crippen molar-refractivity contribution in [3.05, 3.63) is 99.9 Å². The van der Waals surface area contributed by atoms with Crippen molar-refractivity contribution in [3.63, 3.8) is 0 Å². The van der Waals surface area contributed by atoms with Gasteiger partial charge in [0.25, 0.3) is 11.7 Å². The molecule has 0 spiro atoms. The summed E-state index contributed by atoms with van der Waals surface area (Å²) in [5, 5.41) is 11.4. The largest absolute Gasteiger partial charge is 0.507 e. The molecular weight excluding hydrogens is 412 g/mol. The second kappa shape index (κ2) is 8.32. The fraction of sp³-hybridized carbons (Fsp3) is 0.250. The molecule has 1 saturated heterocycles. The number of nitrogens with zero attached hydrogens (tertiary/aromatic N) is 2. The third-order valence-corrected chi connectivity index (χ3v) is 6.84. The third-order valence-electron chi connectivity index (χ3n) is 6.84. The van der Waals surface area contributed by atoms with E-state index >= 15 is 0 Å². The summed E-state index contributed by atoms with van der Waals surface area (Å²) >= 11 is 0. The molecule has 2 aromatic carbocycles. The highest BCUT2D eigenvalue weighted by atomic mass is 16.3. The molecule has 2 aliphatic rings. The van der Waals surface area contributed by atoms with Gasteiger partial charge in [-0.25, -0.2) is 0 Å². The smallest absolute Gasteiger partial charge is 0.300 e. The van der Waals surface area contributed by atoms with Crippen LogP contribution in [0.1, 0.15) is 52.3 Å². The van der Waals surface area contributed by atoms with Crippen LogP contribution in [0, 0.1) is 13.8 Å². The van der Waals surface area contributed by atoms with Gasteiger partial charge in [0.1, 0.15) is 5.76 Å². The summed E-state index contributed by atoms with van der Waals surface area (Å²) in [6.45, 7) is 3.98. The first kappa shape index (κ1) is 21.1. The first-order chi connectivity index (χ1) is 16.0. The molecule has 5 nitrogen and oxygen atoms in total.